The maximum atomic E-state index is 13.3. The second-order valence-corrected chi connectivity index (χ2v) is 6.16. The fourth-order valence-corrected chi connectivity index (χ4v) is 2.66. The predicted molar refractivity (Wildman–Crippen MR) is 101 cm³/mol. The summed E-state index contributed by atoms with van der Waals surface area (Å²) in [5, 5.41) is 14.9. The number of nitrogens with one attached hydrogen (secondary N) is 3. The summed E-state index contributed by atoms with van der Waals surface area (Å²) in [4.78, 5) is 31.6. The number of hydrogen-bond donors (Lipinski definition) is 4. The van der Waals surface area contributed by atoms with Crippen molar-refractivity contribution in [3.63, 3.8) is 0 Å². The first-order chi connectivity index (χ1) is 13.5. The summed E-state index contributed by atoms with van der Waals surface area (Å²) in [6.07, 6.45) is 3.59. The average Bonchev–Trinajstić information content (AvgIpc) is 3.20. The van der Waals surface area contributed by atoms with Crippen molar-refractivity contribution in [2.24, 2.45) is 0 Å². The van der Waals surface area contributed by atoms with Crippen LogP contribution in [0.25, 0.3) is 0 Å². The minimum atomic E-state index is -0.507. The van der Waals surface area contributed by atoms with E-state index in [1.165, 1.54) is 30.6 Å². The summed E-state index contributed by atoms with van der Waals surface area (Å²) < 4.78 is 13.3. The number of aromatic amines is 1. The first kappa shape index (κ1) is 19.2. The highest BCUT2D eigenvalue weighted by Crippen LogP contribution is 2.13. The van der Waals surface area contributed by atoms with E-state index < -0.39 is 23.7 Å². The molecule has 0 spiro atoms. The summed E-state index contributed by atoms with van der Waals surface area (Å²) in [6, 6.07) is 11.2. The number of rotatable bonds is 7. The van der Waals surface area contributed by atoms with Crippen LogP contribution in [0.2, 0.25) is 0 Å². The Balaban J connectivity index is 1.66. The van der Waals surface area contributed by atoms with Crippen LogP contribution in [-0.4, -0.2) is 39.5 Å². The first-order valence-electron chi connectivity index (χ1n) is 8.61. The molecule has 1 atom stereocenters. The zero-order valence-electron chi connectivity index (χ0n) is 14.9. The van der Waals surface area contributed by atoms with E-state index in [0.29, 0.717) is 17.7 Å². The Morgan fingerprint density at radius 1 is 1.11 bits per heavy atom. The lowest BCUT2D eigenvalue weighted by Crippen LogP contribution is -2.39. The van der Waals surface area contributed by atoms with Gasteiger partial charge in [-0.05, 0) is 36.4 Å². The van der Waals surface area contributed by atoms with Crippen LogP contribution in [0.5, 0.6) is 0 Å². The van der Waals surface area contributed by atoms with E-state index in [4.69, 9.17) is 0 Å². The van der Waals surface area contributed by atoms with Gasteiger partial charge in [-0.15, -0.1) is 0 Å². The SMILES string of the molecule is O=C(Nc1cccc(C(=O)N[C@H](CO)Cc2c[nH]cn2)c1)c1cccc(F)c1. The van der Waals surface area contributed by atoms with Gasteiger partial charge < -0.3 is 20.7 Å². The van der Waals surface area contributed by atoms with Gasteiger partial charge in [0, 0.05) is 29.4 Å². The molecule has 2 aromatic carbocycles. The van der Waals surface area contributed by atoms with E-state index in [2.05, 4.69) is 20.6 Å². The van der Waals surface area contributed by atoms with Gasteiger partial charge in [0.1, 0.15) is 5.82 Å². The maximum Gasteiger partial charge on any atom is 0.255 e. The van der Waals surface area contributed by atoms with E-state index in [0.717, 1.165) is 11.8 Å². The van der Waals surface area contributed by atoms with Crippen LogP contribution >= 0.6 is 0 Å². The number of carbonyl (C=O) groups excluding carboxylic acids is 2. The van der Waals surface area contributed by atoms with Gasteiger partial charge in [-0.2, -0.15) is 0 Å². The molecule has 4 N–H and O–H groups in total. The topological polar surface area (TPSA) is 107 Å². The summed E-state index contributed by atoms with van der Waals surface area (Å²) in [5.41, 5.74) is 1.61. The van der Waals surface area contributed by atoms with Gasteiger partial charge in [0.2, 0.25) is 0 Å². The van der Waals surface area contributed by atoms with Gasteiger partial charge in [0.15, 0.2) is 0 Å². The van der Waals surface area contributed by atoms with Gasteiger partial charge in [-0.25, -0.2) is 9.37 Å². The van der Waals surface area contributed by atoms with Crippen molar-refractivity contribution >= 4 is 17.5 Å². The molecule has 0 aliphatic carbocycles. The van der Waals surface area contributed by atoms with Crippen molar-refractivity contribution in [1.29, 1.82) is 0 Å². The predicted octanol–water partition coefficient (Wildman–Crippen LogP) is 2.13. The van der Waals surface area contributed by atoms with E-state index >= 15 is 0 Å². The summed E-state index contributed by atoms with van der Waals surface area (Å²) in [5.74, 6) is -1.38. The molecule has 0 bridgehead atoms. The maximum absolute atomic E-state index is 13.3. The molecule has 1 heterocycles. The van der Waals surface area contributed by atoms with E-state index in [1.54, 1.807) is 24.4 Å². The fourth-order valence-electron chi connectivity index (χ4n) is 2.66. The van der Waals surface area contributed by atoms with Gasteiger partial charge in [0.05, 0.1) is 24.7 Å². The molecule has 0 saturated carbocycles. The minimum Gasteiger partial charge on any atom is -0.394 e. The number of aliphatic hydroxyl groups is 1. The van der Waals surface area contributed by atoms with Crippen molar-refractivity contribution in [2.75, 3.05) is 11.9 Å². The van der Waals surface area contributed by atoms with Crippen molar-refractivity contribution in [3.05, 3.63) is 83.7 Å². The Kier molecular flexibility index (Phi) is 6.13. The van der Waals surface area contributed by atoms with Crippen LogP contribution in [0.3, 0.4) is 0 Å². The Morgan fingerprint density at radius 3 is 2.54 bits per heavy atom. The van der Waals surface area contributed by atoms with Crippen LogP contribution in [0.4, 0.5) is 10.1 Å². The largest absolute Gasteiger partial charge is 0.394 e. The van der Waals surface area contributed by atoms with Gasteiger partial charge in [0.25, 0.3) is 11.8 Å². The van der Waals surface area contributed by atoms with Gasteiger partial charge >= 0.3 is 0 Å². The van der Waals surface area contributed by atoms with E-state index in [9.17, 15) is 19.1 Å². The second-order valence-electron chi connectivity index (χ2n) is 6.16. The molecule has 0 aliphatic heterocycles. The molecule has 3 rings (SSSR count). The molecule has 7 nitrogen and oxygen atoms in total. The third-order valence-corrected chi connectivity index (χ3v) is 4.04. The van der Waals surface area contributed by atoms with Crippen LogP contribution in [0.1, 0.15) is 26.4 Å². The highest BCUT2D eigenvalue weighted by molar-refractivity contribution is 6.05. The number of carbonyl (C=O) groups is 2. The zero-order valence-corrected chi connectivity index (χ0v) is 14.9. The van der Waals surface area contributed by atoms with E-state index in [-0.39, 0.29) is 12.2 Å². The normalized spacial score (nSPS) is 11.6. The van der Waals surface area contributed by atoms with Gasteiger partial charge in [-0.3, -0.25) is 9.59 Å². The fraction of sp³-hybridized carbons (Fsp3) is 0.150. The van der Waals surface area contributed by atoms with E-state index in [1.807, 2.05) is 0 Å². The number of aromatic nitrogens is 2. The Hall–Kier alpha value is -3.52. The molecule has 1 aromatic heterocycles. The number of benzene rings is 2. The highest BCUT2D eigenvalue weighted by atomic mass is 19.1. The van der Waals surface area contributed by atoms with Crippen molar-refractivity contribution in [1.82, 2.24) is 15.3 Å². The smallest absolute Gasteiger partial charge is 0.255 e. The lowest BCUT2D eigenvalue weighted by molar-refractivity contribution is 0.0915. The van der Waals surface area contributed by atoms with Crippen LogP contribution in [-0.2, 0) is 6.42 Å². The summed E-state index contributed by atoms with van der Waals surface area (Å²) in [6.45, 7) is -0.241. The third-order valence-electron chi connectivity index (χ3n) is 4.04. The molecule has 28 heavy (non-hydrogen) atoms. The summed E-state index contributed by atoms with van der Waals surface area (Å²) in [7, 11) is 0. The number of hydrogen-bond acceptors (Lipinski definition) is 4. The van der Waals surface area contributed by atoms with Crippen molar-refractivity contribution in [2.45, 2.75) is 12.5 Å². The Labute approximate surface area is 160 Å². The molecule has 8 heteroatoms. The number of anilines is 1. The Morgan fingerprint density at radius 2 is 1.86 bits per heavy atom. The molecule has 3 aromatic rings. The lowest BCUT2D eigenvalue weighted by atomic mass is 10.1. The summed E-state index contributed by atoms with van der Waals surface area (Å²) >= 11 is 0. The number of imidazole rings is 1. The number of nitrogens with zero attached hydrogens (tertiary/aromatic N) is 1. The number of aliphatic hydroxyl groups excluding tert-OH is 1. The lowest BCUT2D eigenvalue weighted by Gasteiger charge is -2.15. The highest BCUT2D eigenvalue weighted by Gasteiger charge is 2.15. The first-order valence-corrected chi connectivity index (χ1v) is 8.61. The van der Waals surface area contributed by atoms with Crippen LogP contribution < -0.4 is 10.6 Å². The molecular weight excluding hydrogens is 363 g/mol. The molecule has 2 amide bonds. The zero-order chi connectivity index (χ0) is 19.9. The second kappa shape index (κ2) is 8.92. The quantitative estimate of drug-likeness (QED) is 0.502. The standard InChI is InChI=1S/C20H19FN4O3/c21-15-5-1-3-13(7-15)19(27)24-16-6-2-4-14(8-16)20(28)25-18(11-26)9-17-10-22-12-23-17/h1-8,10,12,18,26H,9,11H2,(H,22,23)(H,24,27)(H,25,28)/t18-/m0/s1. The Bertz CT molecular complexity index is 960. The average molecular weight is 382 g/mol. The van der Waals surface area contributed by atoms with Gasteiger partial charge in [-0.1, -0.05) is 12.1 Å². The van der Waals surface area contributed by atoms with Crippen LogP contribution in [0.15, 0.2) is 61.1 Å². The molecule has 0 radical (unpaired) electrons. The monoisotopic (exact) mass is 382 g/mol. The molecule has 0 unspecified atom stereocenters. The molecule has 144 valence electrons. The van der Waals surface area contributed by atoms with Crippen molar-refractivity contribution < 1.29 is 19.1 Å². The number of halogens is 1. The molecule has 0 saturated heterocycles. The van der Waals surface area contributed by atoms with Crippen molar-refractivity contribution in [3.8, 4) is 0 Å². The number of amides is 2. The number of H-pyrrole nitrogens is 1. The molecule has 0 aliphatic rings. The minimum absolute atomic E-state index is 0.175. The molecular formula is C20H19FN4O3. The molecule has 0 fully saturated rings. The van der Waals surface area contributed by atoms with Crippen LogP contribution in [0, 0.1) is 5.82 Å². The third kappa shape index (κ3) is 5.01.